The van der Waals surface area contributed by atoms with E-state index in [1.165, 1.54) is 43.2 Å². The van der Waals surface area contributed by atoms with Crippen LogP contribution in [-0.4, -0.2) is 48.6 Å². The number of nitrogens with zero attached hydrogens (tertiary/aromatic N) is 3. The van der Waals surface area contributed by atoms with Crippen LogP contribution in [0.1, 0.15) is 44.8 Å². The van der Waals surface area contributed by atoms with E-state index in [2.05, 4.69) is 34.3 Å². The third kappa shape index (κ3) is 2.71. The number of piperidine rings is 1. The molecule has 3 heterocycles. The number of aromatic nitrogens is 1. The highest BCUT2D eigenvalue weighted by molar-refractivity contribution is 7.13. The molecule has 20 heavy (non-hydrogen) atoms. The SMILES string of the molecule is CNC(C)c1csc(N2CC3CCCCN3CC2C)n1. The lowest BCUT2D eigenvalue weighted by Gasteiger charge is -2.47. The number of hydrogen-bond acceptors (Lipinski definition) is 5. The van der Waals surface area contributed by atoms with E-state index >= 15 is 0 Å². The fraction of sp³-hybridized carbons (Fsp3) is 0.800. The summed E-state index contributed by atoms with van der Waals surface area (Å²) in [5, 5.41) is 6.68. The van der Waals surface area contributed by atoms with Crippen LogP contribution in [0, 0.1) is 0 Å². The van der Waals surface area contributed by atoms with E-state index in [-0.39, 0.29) is 0 Å². The zero-order chi connectivity index (χ0) is 14.1. The van der Waals surface area contributed by atoms with Gasteiger partial charge in [0.1, 0.15) is 0 Å². The van der Waals surface area contributed by atoms with Crippen molar-refractivity contribution in [1.29, 1.82) is 0 Å². The minimum absolute atomic E-state index is 0.339. The molecule has 112 valence electrons. The summed E-state index contributed by atoms with van der Waals surface area (Å²) >= 11 is 1.80. The van der Waals surface area contributed by atoms with Crippen LogP contribution in [-0.2, 0) is 0 Å². The highest BCUT2D eigenvalue weighted by Gasteiger charge is 2.34. The van der Waals surface area contributed by atoms with Crippen molar-refractivity contribution in [3.05, 3.63) is 11.1 Å². The van der Waals surface area contributed by atoms with Gasteiger partial charge in [0, 0.05) is 36.6 Å². The number of anilines is 1. The Bertz CT molecular complexity index is 447. The molecule has 2 aliphatic rings. The van der Waals surface area contributed by atoms with Crippen LogP contribution in [0.4, 0.5) is 5.13 Å². The molecule has 0 aromatic carbocycles. The van der Waals surface area contributed by atoms with Crippen molar-refractivity contribution >= 4 is 16.5 Å². The van der Waals surface area contributed by atoms with Crippen molar-refractivity contribution in [3.8, 4) is 0 Å². The second kappa shape index (κ2) is 6.00. The van der Waals surface area contributed by atoms with Crippen molar-refractivity contribution in [2.45, 2.75) is 51.2 Å². The maximum absolute atomic E-state index is 4.86. The van der Waals surface area contributed by atoms with Gasteiger partial charge >= 0.3 is 0 Å². The Morgan fingerprint density at radius 3 is 3.05 bits per heavy atom. The molecule has 0 amide bonds. The van der Waals surface area contributed by atoms with Gasteiger partial charge in [-0.25, -0.2) is 4.98 Å². The summed E-state index contributed by atoms with van der Waals surface area (Å²) in [4.78, 5) is 10.1. The Hall–Kier alpha value is -0.650. The van der Waals surface area contributed by atoms with Gasteiger partial charge in [-0.3, -0.25) is 4.90 Å². The summed E-state index contributed by atoms with van der Waals surface area (Å²) in [5.41, 5.74) is 1.17. The van der Waals surface area contributed by atoms with Gasteiger partial charge in [0.05, 0.1) is 5.69 Å². The number of rotatable bonds is 3. The summed E-state index contributed by atoms with van der Waals surface area (Å²) in [5.74, 6) is 0. The molecule has 0 spiro atoms. The molecule has 5 heteroatoms. The van der Waals surface area contributed by atoms with E-state index in [0.717, 1.165) is 12.6 Å². The molecule has 2 fully saturated rings. The smallest absolute Gasteiger partial charge is 0.185 e. The largest absolute Gasteiger partial charge is 0.343 e. The number of piperazine rings is 1. The summed E-state index contributed by atoms with van der Waals surface area (Å²) in [6.07, 6.45) is 4.13. The molecule has 3 atom stereocenters. The highest BCUT2D eigenvalue weighted by atomic mass is 32.1. The Morgan fingerprint density at radius 2 is 2.25 bits per heavy atom. The van der Waals surface area contributed by atoms with Crippen molar-refractivity contribution in [1.82, 2.24) is 15.2 Å². The monoisotopic (exact) mass is 294 g/mol. The first-order chi connectivity index (χ1) is 9.69. The van der Waals surface area contributed by atoms with Crippen LogP contribution in [0.3, 0.4) is 0 Å². The summed E-state index contributed by atoms with van der Waals surface area (Å²) < 4.78 is 0. The Morgan fingerprint density at radius 1 is 1.40 bits per heavy atom. The molecule has 1 aromatic heterocycles. The van der Waals surface area contributed by atoms with Gasteiger partial charge in [-0.05, 0) is 40.3 Å². The van der Waals surface area contributed by atoms with Crippen LogP contribution in [0.5, 0.6) is 0 Å². The van der Waals surface area contributed by atoms with Gasteiger partial charge in [-0.1, -0.05) is 6.42 Å². The molecule has 3 rings (SSSR count). The molecule has 4 nitrogen and oxygen atoms in total. The lowest BCUT2D eigenvalue weighted by atomic mass is 9.97. The van der Waals surface area contributed by atoms with Crippen molar-refractivity contribution in [2.75, 3.05) is 31.6 Å². The van der Waals surface area contributed by atoms with Crippen molar-refractivity contribution in [2.24, 2.45) is 0 Å². The van der Waals surface area contributed by atoms with Crippen LogP contribution in [0.2, 0.25) is 0 Å². The van der Waals surface area contributed by atoms with Crippen LogP contribution in [0.15, 0.2) is 5.38 Å². The third-order valence-corrected chi connectivity index (χ3v) is 5.72. The Labute approximate surface area is 126 Å². The van der Waals surface area contributed by atoms with Gasteiger partial charge in [0.2, 0.25) is 0 Å². The average molecular weight is 294 g/mol. The van der Waals surface area contributed by atoms with E-state index < -0.39 is 0 Å². The molecular weight excluding hydrogens is 268 g/mol. The predicted molar refractivity (Wildman–Crippen MR) is 85.6 cm³/mol. The number of hydrogen-bond donors (Lipinski definition) is 1. The fourth-order valence-electron chi connectivity index (χ4n) is 3.37. The molecule has 0 bridgehead atoms. The van der Waals surface area contributed by atoms with Crippen LogP contribution < -0.4 is 10.2 Å². The topological polar surface area (TPSA) is 31.4 Å². The van der Waals surface area contributed by atoms with Crippen LogP contribution >= 0.6 is 11.3 Å². The molecule has 1 N–H and O–H groups in total. The second-order valence-corrected chi connectivity index (χ2v) is 7.05. The molecule has 0 radical (unpaired) electrons. The maximum atomic E-state index is 4.86. The van der Waals surface area contributed by atoms with Gasteiger partial charge in [0.25, 0.3) is 0 Å². The van der Waals surface area contributed by atoms with E-state index in [1.807, 2.05) is 7.05 Å². The summed E-state index contributed by atoms with van der Waals surface area (Å²) in [6, 6.07) is 1.66. The lowest BCUT2D eigenvalue weighted by Crippen LogP contribution is -2.58. The highest BCUT2D eigenvalue weighted by Crippen LogP contribution is 2.31. The maximum Gasteiger partial charge on any atom is 0.185 e. The van der Waals surface area contributed by atoms with Gasteiger partial charge < -0.3 is 10.2 Å². The second-order valence-electron chi connectivity index (χ2n) is 6.21. The number of fused-ring (bicyclic) bond motifs is 1. The first-order valence-corrected chi connectivity index (χ1v) is 8.70. The average Bonchev–Trinajstić information content (AvgIpc) is 2.95. The quantitative estimate of drug-likeness (QED) is 0.928. The Kier molecular flexibility index (Phi) is 4.29. The zero-order valence-corrected chi connectivity index (χ0v) is 13.6. The minimum atomic E-state index is 0.339. The molecular formula is C15H26N4S. The third-order valence-electron chi connectivity index (χ3n) is 4.82. The van der Waals surface area contributed by atoms with Gasteiger partial charge in [-0.2, -0.15) is 0 Å². The van der Waals surface area contributed by atoms with E-state index in [1.54, 1.807) is 11.3 Å². The number of thiazole rings is 1. The van der Waals surface area contributed by atoms with E-state index in [9.17, 15) is 0 Å². The molecule has 1 aromatic rings. The minimum Gasteiger partial charge on any atom is -0.343 e. The number of nitrogens with one attached hydrogen (secondary N) is 1. The van der Waals surface area contributed by atoms with Gasteiger partial charge in [-0.15, -0.1) is 11.3 Å². The molecule has 2 aliphatic heterocycles. The normalized spacial score (nSPS) is 29.2. The van der Waals surface area contributed by atoms with Crippen LogP contribution in [0.25, 0.3) is 0 Å². The molecule has 0 aliphatic carbocycles. The van der Waals surface area contributed by atoms with E-state index in [4.69, 9.17) is 4.98 Å². The summed E-state index contributed by atoms with van der Waals surface area (Å²) in [7, 11) is 1.99. The first kappa shape index (κ1) is 14.3. The molecule has 2 saturated heterocycles. The van der Waals surface area contributed by atoms with Gasteiger partial charge in [0.15, 0.2) is 5.13 Å². The summed E-state index contributed by atoms with van der Waals surface area (Å²) in [6.45, 7) is 8.15. The predicted octanol–water partition coefficient (Wildman–Crippen LogP) is 2.49. The standard InChI is InChI=1S/C15H26N4S/c1-11-8-18-7-5-4-6-13(18)9-19(11)15-17-14(10-20-15)12(2)16-3/h10-13,16H,4-9H2,1-3H3. The molecule has 3 unspecified atom stereocenters. The van der Waals surface area contributed by atoms with Crippen molar-refractivity contribution < 1.29 is 0 Å². The van der Waals surface area contributed by atoms with E-state index in [0.29, 0.717) is 12.1 Å². The zero-order valence-electron chi connectivity index (χ0n) is 12.8. The Balaban J connectivity index is 1.74. The first-order valence-electron chi connectivity index (χ1n) is 7.82. The van der Waals surface area contributed by atoms with Crippen molar-refractivity contribution in [3.63, 3.8) is 0 Å². The lowest BCUT2D eigenvalue weighted by molar-refractivity contribution is 0.115. The fourth-order valence-corrected chi connectivity index (χ4v) is 4.40. The molecule has 0 saturated carbocycles.